The van der Waals surface area contributed by atoms with Gasteiger partial charge in [-0.1, -0.05) is 17.7 Å². The maximum Gasteiger partial charge on any atom is 0.0525 e. The number of hydrogen-bond acceptors (Lipinski definition) is 2. The molecule has 0 radical (unpaired) electrons. The summed E-state index contributed by atoms with van der Waals surface area (Å²) in [5.74, 6) is 0.580. The van der Waals surface area contributed by atoms with Gasteiger partial charge >= 0.3 is 0 Å². The second-order valence-corrected chi connectivity index (χ2v) is 6.45. The van der Waals surface area contributed by atoms with E-state index in [0.717, 1.165) is 13.0 Å². The standard InChI is InChI=1S/C16H18ClNS/c1-11-3-4-15(13(9-11)10-17)18-7-5-16-14(12(18)2)6-8-19-16/h3-4,6,8-9,12H,5,7,10H2,1-2H3. The molecule has 2 aromatic rings. The summed E-state index contributed by atoms with van der Waals surface area (Å²) in [6, 6.07) is 9.32. The van der Waals surface area contributed by atoms with Crippen molar-refractivity contribution in [3.63, 3.8) is 0 Å². The van der Waals surface area contributed by atoms with E-state index >= 15 is 0 Å². The number of hydrogen-bond donors (Lipinski definition) is 0. The normalized spacial score (nSPS) is 18.5. The summed E-state index contributed by atoms with van der Waals surface area (Å²) in [5.41, 5.74) is 5.30. The maximum absolute atomic E-state index is 6.13. The molecule has 1 aliphatic rings. The Morgan fingerprint density at radius 2 is 2.21 bits per heavy atom. The highest BCUT2D eigenvalue weighted by Gasteiger charge is 2.26. The number of aryl methyl sites for hydroxylation is 1. The van der Waals surface area contributed by atoms with Gasteiger partial charge in [0.1, 0.15) is 0 Å². The number of fused-ring (bicyclic) bond motifs is 1. The third-order valence-electron chi connectivity index (χ3n) is 3.97. The van der Waals surface area contributed by atoms with Crippen molar-refractivity contribution >= 4 is 28.6 Å². The minimum atomic E-state index is 0.444. The molecule has 2 heterocycles. The SMILES string of the molecule is Cc1ccc(N2CCc3sccc3C2C)c(CCl)c1. The zero-order valence-electron chi connectivity index (χ0n) is 11.3. The number of rotatable bonds is 2. The molecule has 0 spiro atoms. The molecular formula is C16H18ClNS. The fourth-order valence-electron chi connectivity index (χ4n) is 2.94. The van der Waals surface area contributed by atoms with E-state index in [4.69, 9.17) is 11.6 Å². The van der Waals surface area contributed by atoms with Gasteiger partial charge < -0.3 is 4.90 Å². The average Bonchev–Trinajstić information content (AvgIpc) is 2.89. The molecule has 1 atom stereocenters. The van der Waals surface area contributed by atoms with Crippen LogP contribution in [0, 0.1) is 6.92 Å². The van der Waals surface area contributed by atoms with Crippen molar-refractivity contribution < 1.29 is 0 Å². The summed E-state index contributed by atoms with van der Waals surface area (Å²) in [7, 11) is 0. The highest BCUT2D eigenvalue weighted by Crippen LogP contribution is 2.37. The average molecular weight is 292 g/mol. The third kappa shape index (κ3) is 2.28. The Hall–Kier alpha value is -0.990. The van der Waals surface area contributed by atoms with Crippen LogP contribution in [0.2, 0.25) is 0 Å². The van der Waals surface area contributed by atoms with Crippen LogP contribution in [-0.2, 0) is 12.3 Å². The lowest BCUT2D eigenvalue weighted by molar-refractivity contribution is 0.631. The predicted octanol–water partition coefficient (Wildman–Crippen LogP) is 4.92. The van der Waals surface area contributed by atoms with Gasteiger partial charge in [-0.2, -0.15) is 0 Å². The summed E-state index contributed by atoms with van der Waals surface area (Å²) in [5, 5.41) is 2.21. The van der Waals surface area contributed by atoms with Crippen LogP contribution in [0.25, 0.3) is 0 Å². The van der Waals surface area contributed by atoms with E-state index in [1.165, 1.54) is 22.4 Å². The summed E-state index contributed by atoms with van der Waals surface area (Å²) in [6.45, 7) is 5.50. The van der Waals surface area contributed by atoms with Gasteiger partial charge in [-0.15, -0.1) is 22.9 Å². The molecule has 1 nitrogen and oxygen atoms in total. The van der Waals surface area contributed by atoms with Crippen molar-refractivity contribution in [2.75, 3.05) is 11.4 Å². The Labute approximate surface area is 123 Å². The number of nitrogens with zero attached hydrogens (tertiary/aromatic N) is 1. The van der Waals surface area contributed by atoms with E-state index < -0.39 is 0 Å². The molecule has 0 amide bonds. The van der Waals surface area contributed by atoms with Gasteiger partial charge in [0.25, 0.3) is 0 Å². The maximum atomic E-state index is 6.13. The lowest BCUT2D eigenvalue weighted by atomic mass is 9.99. The summed E-state index contributed by atoms with van der Waals surface area (Å²) in [4.78, 5) is 4.04. The first-order valence-electron chi connectivity index (χ1n) is 6.69. The molecule has 1 aliphatic heterocycles. The van der Waals surface area contributed by atoms with Gasteiger partial charge in [0, 0.05) is 23.0 Å². The predicted molar refractivity (Wildman–Crippen MR) is 84.5 cm³/mol. The van der Waals surface area contributed by atoms with Crippen molar-refractivity contribution in [3.8, 4) is 0 Å². The van der Waals surface area contributed by atoms with Crippen LogP contribution in [0.4, 0.5) is 5.69 Å². The van der Waals surface area contributed by atoms with Gasteiger partial charge in [0.2, 0.25) is 0 Å². The zero-order chi connectivity index (χ0) is 13.4. The number of halogens is 1. The largest absolute Gasteiger partial charge is 0.364 e. The zero-order valence-corrected chi connectivity index (χ0v) is 12.9. The highest BCUT2D eigenvalue weighted by atomic mass is 35.5. The number of anilines is 1. The number of thiophene rings is 1. The van der Waals surface area contributed by atoms with E-state index in [2.05, 4.69) is 48.4 Å². The second-order valence-electron chi connectivity index (χ2n) is 5.18. The van der Waals surface area contributed by atoms with E-state index in [1.807, 2.05) is 11.3 Å². The molecule has 0 saturated heterocycles. The Morgan fingerprint density at radius 1 is 1.37 bits per heavy atom. The third-order valence-corrected chi connectivity index (χ3v) is 5.25. The molecule has 3 rings (SSSR count). The van der Waals surface area contributed by atoms with Crippen molar-refractivity contribution in [3.05, 3.63) is 51.2 Å². The summed E-state index contributed by atoms with van der Waals surface area (Å²) in [6.07, 6.45) is 1.15. The molecular weight excluding hydrogens is 274 g/mol. The molecule has 19 heavy (non-hydrogen) atoms. The minimum Gasteiger partial charge on any atom is -0.364 e. The first-order chi connectivity index (χ1) is 9.20. The second kappa shape index (κ2) is 5.18. The van der Waals surface area contributed by atoms with Crippen molar-refractivity contribution in [2.24, 2.45) is 0 Å². The van der Waals surface area contributed by atoms with Crippen molar-refractivity contribution in [1.29, 1.82) is 0 Å². The minimum absolute atomic E-state index is 0.444. The van der Waals surface area contributed by atoms with Crippen LogP contribution in [0.5, 0.6) is 0 Å². The van der Waals surface area contributed by atoms with Crippen molar-refractivity contribution in [1.82, 2.24) is 0 Å². The molecule has 3 heteroatoms. The van der Waals surface area contributed by atoms with Crippen LogP contribution >= 0.6 is 22.9 Å². The number of alkyl halides is 1. The van der Waals surface area contributed by atoms with Gasteiger partial charge in [-0.3, -0.25) is 0 Å². The molecule has 1 aromatic carbocycles. The molecule has 1 unspecified atom stereocenters. The van der Waals surface area contributed by atoms with Gasteiger partial charge in [-0.05, 0) is 48.9 Å². The van der Waals surface area contributed by atoms with E-state index in [1.54, 1.807) is 4.88 Å². The highest BCUT2D eigenvalue weighted by molar-refractivity contribution is 7.10. The van der Waals surface area contributed by atoms with Gasteiger partial charge in [0.15, 0.2) is 0 Å². The first-order valence-corrected chi connectivity index (χ1v) is 8.10. The number of benzene rings is 1. The van der Waals surface area contributed by atoms with E-state index in [9.17, 15) is 0 Å². The smallest absolute Gasteiger partial charge is 0.0525 e. The van der Waals surface area contributed by atoms with Crippen LogP contribution in [0.3, 0.4) is 0 Å². The molecule has 100 valence electrons. The summed E-state index contributed by atoms with van der Waals surface area (Å²) < 4.78 is 0. The Balaban J connectivity index is 2.00. The quantitative estimate of drug-likeness (QED) is 0.710. The van der Waals surface area contributed by atoms with Crippen LogP contribution in [0.15, 0.2) is 29.6 Å². The molecule has 0 bridgehead atoms. The van der Waals surface area contributed by atoms with Gasteiger partial charge in [0.05, 0.1) is 6.04 Å². The van der Waals surface area contributed by atoms with Crippen molar-refractivity contribution in [2.45, 2.75) is 32.2 Å². The summed E-state index contributed by atoms with van der Waals surface area (Å²) >= 11 is 8.01. The topological polar surface area (TPSA) is 3.24 Å². The first kappa shape index (κ1) is 13.0. The fourth-order valence-corrected chi connectivity index (χ4v) is 4.12. The van der Waals surface area contributed by atoms with Crippen LogP contribution in [-0.4, -0.2) is 6.54 Å². The van der Waals surface area contributed by atoms with Crippen LogP contribution < -0.4 is 4.90 Å². The molecule has 1 aromatic heterocycles. The molecule has 0 fully saturated rings. The lowest BCUT2D eigenvalue weighted by Gasteiger charge is -2.36. The van der Waals surface area contributed by atoms with Crippen LogP contribution in [0.1, 0.15) is 34.5 Å². The Morgan fingerprint density at radius 3 is 3.00 bits per heavy atom. The van der Waals surface area contributed by atoms with Gasteiger partial charge in [-0.25, -0.2) is 0 Å². The molecule has 0 N–H and O–H groups in total. The van der Waals surface area contributed by atoms with E-state index in [0.29, 0.717) is 11.9 Å². The Bertz CT molecular complexity index is 590. The fraction of sp³-hybridized carbons (Fsp3) is 0.375. The van der Waals surface area contributed by atoms with E-state index in [-0.39, 0.29) is 0 Å². The monoisotopic (exact) mass is 291 g/mol. The Kier molecular flexibility index (Phi) is 3.55. The molecule has 0 aliphatic carbocycles. The molecule has 0 saturated carbocycles. The lowest BCUT2D eigenvalue weighted by Crippen LogP contribution is -2.33.